The maximum atomic E-state index is 12.8. The molecule has 1 unspecified atom stereocenters. The Balaban J connectivity index is 1.69. The van der Waals surface area contributed by atoms with Crippen LogP contribution < -0.4 is 5.32 Å². The van der Waals surface area contributed by atoms with Crippen LogP contribution in [0.25, 0.3) is 0 Å². The second-order valence-electron chi connectivity index (χ2n) is 5.79. The minimum Gasteiger partial charge on any atom is -0.345 e. The van der Waals surface area contributed by atoms with Crippen molar-refractivity contribution in [2.24, 2.45) is 0 Å². The van der Waals surface area contributed by atoms with Crippen LogP contribution in [0.1, 0.15) is 39.3 Å². The molecule has 3 rings (SSSR count). The minimum absolute atomic E-state index is 0.0869. The summed E-state index contributed by atoms with van der Waals surface area (Å²) in [4.78, 5) is 15.0. The first-order valence-corrected chi connectivity index (χ1v) is 10.1. The summed E-state index contributed by atoms with van der Waals surface area (Å²) in [5.74, 6) is 0.767. The zero-order valence-corrected chi connectivity index (χ0v) is 15.9. The molecule has 0 saturated heterocycles. The highest BCUT2D eigenvalue weighted by Gasteiger charge is 2.15. The fraction of sp³-hybridized carbons (Fsp3) is 0.143. The van der Waals surface area contributed by atoms with Gasteiger partial charge in [-0.05, 0) is 48.2 Å². The molecule has 1 N–H and O–H groups in total. The molecule has 0 aliphatic carbocycles. The van der Waals surface area contributed by atoms with E-state index in [2.05, 4.69) is 22.8 Å². The van der Waals surface area contributed by atoms with E-state index < -0.39 is 0 Å². The van der Waals surface area contributed by atoms with Gasteiger partial charge in [-0.2, -0.15) is 5.26 Å². The van der Waals surface area contributed by atoms with E-state index in [-0.39, 0.29) is 11.9 Å². The lowest BCUT2D eigenvalue weighted by Crippen LogP contribution is -2.27. The minimum atomic E-state index is -0.134. The van der Waals surface area contributed by atoms with Crippen molar-refractivity contribution in [1.29, 1.82) is 5.26 Å². The molecule has 3 nitrogen and oxygen atoms in total. The van der Waals surface area contributed by atoms with Crippen molar-refractivity contribution >= 4 is 29.0 Å². The highest BCUT2D eigenvalue weighted by molar-refractivity contribution is 7.98. The Morgan fingerprint density at radius 3 is 2.62 bits per heavy atom. The maximum Gasteiger partial charge on any atom is 0.252 e. The predicted molar refractivity (Wildman–Crippen MR) is 107 cm³/mol. The van der Waals surface area contributed by atoms with E-state index in [1.165, 1.54) is 4.88 Å². The zero-order valence-electron chi connectivity index (χ0n) is 14.3. The van der Waals surface area contributed by atoms with Crippen LogP contribution in [0.15, 0.2) is 70.9 Å². The Morgan fingerprint density at radius 1 is 1.15 bits per heavy atom. The van der Waals surface area contributed by atoms with Gasteiger partial charge in [0.1, 0.15) is 0 Å². The third kappa shape index (κ3) is 4.54. The predicted octanol–water partition coefficient (Wildman–Crippen LogP) is 5.40. The number of carbonyl (C=O) groups excluding carboxylic acids is 1. The van der Waals surface area contributed by atoms with E-state index in [9.17, 15) is 4.79 Å². The lowest BCUT2D eigenvalue weighted by molar-refractivity contribution is 0.0937. The zero-order chi connectivity index (χ0) is 18.4. The largest absolute Gasteiger partial charge is 0.345 e. The smallest absolute Gasteiger partial charge is 0.252 e. The van der Waals surface area contributed by atoms with Crippen LogP contribution in [-0.2, 0) is 5.75 Å². The van der Waals surface area contributed by atoms with Gasteiger partial charge in [-0.1, -0.05) is 30.3 Å². The van der Waals surface area contributed by atoms with Crippen LogP contribution in [0.3, 0.4) is 0 Å². The summed E-state index contributed by atoms with van der Waals surface area (Å²) in [6, 6.07) is 21.1. The highest BCUT2D eigenvalue weighted by atomic mass is 32.2. The lowest BCUT2D eigenvalue weighted by atomic mass is 10.1. The van der Waals surface area contributed by atoms with E-state index >= 15 is 0 Å². The Morgan fingerprint density at radius 2 is 1.92 bits per heavy atom. The van der Waals surface area contributed by atoms with Crippen molar-refractivity contribution in [2.45, 2.75) is 23.6 Å². The second kappa shape index (κ2) is 8.70. The number of thiophene rings is 1. The van der Waals surface area contributed by atoms with Gasteiger partial charge in [-0.25, -0.2) is 0 Å². The van der Waals surface area contributed by atoms with Gasteiger partial charge < -0.3 is 5.32 Å². The number of rotatable bonds is 6. The summed E-state index contributed by atoms with van der Waals surface area (Å²) < 4.78 is 0. The number of hydrogen-bond acceptors (Lipinski definition) is 4. The van der Waals surface area contributed by atoms with Crippen molar-refractivity contribution in [2.75, 3.05) is 0 Å². The van der Waals surface area contributed by atoms with Gasteiger partial charge in [0.2, 0.25) is 0 Å². The summed E-state index contributed by atoms with van der Waals surface area (Å²) in [6.07, 6.45) is 0. The number of nitrogens with one attached hydrogen (secondary N) is 1. The molecule has 5 heteroatoms. The van der Waals surface area contributed by atoms with Crippen LogP contribution in [0.5, 0.6) is 0 Å². The standard InChI is InChI=1S/C21H18N2OS2/c1-15(17-10-8-16(13-22)9-11-17)23-21(24)19-6-2-3-7-20(19)26-14-18-5-4-12-25-18/h2-12,15H,14H2,1H3,(H,23,24). The van der Waals surface area contributed by atoms with Gasteiger partial charge in [0.25, 0.3) is 5.91 Å². The molecule has 0 aliphatic heterocycles. The number of nitrogens with zero attached hydrogens (tertiary/aromatic N) is 1. The molecule has 1 atom stereocenters. The monoisotopic (exact) mass is 378 g/mol. The van der Waals surface area contributed by atoms with Crippen molar-refractivity contribution < 1.29 is 4.79 Å². The SMILES string of the molecule is CC(NC(=O)c1ccccc1SCc1cccs1)c1ccc(C#N)cc1. The molecule has 26 heavy (non-hydrogen) atoms. The molecular weight excluding hydrogens is 360 g/mol. The number of hydrogen-bond donors (Lipinski definition) is 1. The molecule has 0 saturated carbocycles. The fourth-order valence-electron chi connectivity index (χ4n) is 2.53. The van der Waals surface area contributed by atoms with E-state index in [4.69, 9.17) is 5.26 Å². The van der Waals surface area contributed by atoms with E-state index in [1.54, 1.807) is 35.2 Å². The third-order valence-electron chi connectivity index (χ3n) is 3.97. The first-order valence-electron chi connectivity index (χ1n) is 8.22. The maximum absolute atomic E-state index is 12.8. The molecule has 0 fully saturated rings. The summed E-state index contributed by atoms with van der Waals surface area (Å²) in [7, 11) is 0. The molecule has 130 valence electrons. The Labute approximate surface area is 161 Å². The quantitative estimate of drug-likeness (QED) is 0.584. The van der Waals surface area contributed by atoms with Crippen molar-refractivity contribution in [1.82, 2.24) is 5.32 Å². The number of thioether (sulfide) groups is 1. The van der Waals surface area contributed by atoms with Gasteiger partial charge in [0, 0.05) is 15.5 Å². The van der Waals surface area contributed by atoms with Gasteiger partial charge in [-0.15, -0.1) is 23.1 Å². The first-order chi connectivity index (χ1) is 12.7. The van der Waals surface area contributed by atoms with Gasteiger partial charge >= 0.3 is 0 Å². The highest BCUT2D eigenvalue weighted by Crippen LogP contribution is 2.28. The molecule has 0 spiro atoms. The van der Waals surface area contributed by atoms with Gasteiger partial charge in [0.15, 0.2) is 0 Å². The topological polar surface area (TPSA) is 52.9 Å². The van der Waals surface area contributed by atoms with Crippen LogP contribution >= 0.6 is 23.1 Å². The normalized spacial score (nSPS) is 11.5. The average molecular weight is 379 g/mol. The van der Waals surface area contributed by atoms with E-state index in [0.717, 1.165) is 16.2 Å². The Bertz CT molecular complexity index is 912. The van der Waals surface area contributed by atoms with Crippen LogP contribution in [0, 0.1) is 11.3 Å². The molecular formula is C21H18N2OS2. The summed E-state index contributed by atoms with van der Waals surface area (Å²) in [6.45, 7) is 1.95. The fourth-order valence-corrected chi connectivity index (χ4v) is 4.35. The van der Waals surface area contributed by atoms with Crippen LogP contribution in [0.4, 0.5) is 0 Å². The molecule has 2 aromatic carbocycles. The molecule has 3 aromatic rings. The van der Waals surface area contributed by atoms with Gasteiger partial charge in [-0.3, -0.25) is 4.79 Å². The summed E-state index contributed by atoms with van der Waals surface area (Å²) in [5, 5.41) is 14.0. The van der Waals surface area contributed by atoms with Crippen LogP contribution in [0.2, 0.25) is 0 Å². The summed E-state index contributed by atoms with van der Waals surface area (Å²) in [5.41, 5.74) is 2.28. The number of amides is 1. The number of carbonyl (C=O) groups is 1. The lowest BCUT2D eigenvalue weighted by Gasteiger charge is -2.16. The first kappa shape index (κ1) is 18.2. The Hall–Kier alpha value is -2.55. The molecule has 0 radical (unpaired) electrons. The van der Waals surface area contributed by atoms with Crippen LogP contribution in [-0.4, -0.2) is 5.91 Å². The van der Waals surface area contributed by atoms with E-state index in [0.29, 0.717) is 11.1 Å². The number of nitriles is 1. The second-order valence-corrected chi connectivity index (χ2v) is 7.84. The average Bonchev–Trinajstić information content (AvgIpc) is 3.20. The summed E-state index contributed by atoms with van der Waals surface area (Å²) >= 11 is 3.40. The molecule has 1 aromatic heterocycles. The number of benzene rings is 2. The van der Waals surface area contributed by atoms with E-state index in [1.807, 2.05) is 49.4 Å². The molecule has 0 aliphatic rings. The third-order valence-corrected chi connectivity index (χ3v) is 6.15. The Kier molecular flexibility index (Phi) is 6.11. The van der Waals surface area contributed by atoms with Crippen molar-refractivity contribution in [3.05, 3.63) is 87.6 Å². The van der Waals surface area contributed by atoms with Crippen molar-refractivity contribution in [3.63, 3.8) is 0 Å². The van der Waals surface area contributed by atoms with Crippen molar-refractivity contribution in [3.8, 4) is 6.07 Å². The molecule has 0 bridgehead atoms. The van der Waals surface area contributed by atoms with Gasteiger partial charge in [0.05, 0.1) is 23.2 Å². The molecule has 1 amide bonds. The molecule has 1 heterocycles.